The van der Waals surface area contributed by atoms with Crippen molar-refractivity contribution >= 4 is 11.6 Å². The third-order valence-corrected chi connectivity index (χ3v) is 2.61. The number of aromatic hydroxyl groups is 1. The average Bonchev–Trinajstić information content (AvgIpc) is 2.31. The van der Waals surface area contributed by atoms with Crippen LogP contribution in [0.3, 0.4) is 0 Å². The molecule has 16 heavy (non-hydrogen) atoms. The second-order valence-corrected chi connectivity index (χ2v) is 3.83. The molecule has 0 aliphatic carbocycles. The maximum atomic E-state index is 9.48. The van der Waals surface area contributed by atoms with E-state index in [0.717, 1.165) is 11.1 Å². The van der Waals surface area contributed by atoms with Gasteiger partial charge in [0.05, 0.1) is 7.11 Å². The van der Waals surface area contributed by atoms with Crippen molar-refractivity contribution in [2.45, 2.75) is 0 Å². The monoisotopic (exact) mass is 234 g/mol. The second-order valence-electron chi connectivity index (χ2n) is 3.39. The summed E-state index contributed by atoms with van der Waals surface area (Å²) < 4.78 is 5.05. The van der Waals surface area contributed by atoms with Crippen LogP contribution in [-0.2, 0) is 0 Å². The Bertz CT molecular complexity index is 492. The lowest BCUT2D eigenvalue weighted by Crippen LogP contribution is -1.85. The van der Waals surface area contributed by atoms with Gasteiger partial charge >= 0.3 is 0 Å². The molecule has 2 nitrogen and oxygen atoms in total. The molecule has 0 amide bonds. The number of phenols is 1. The van der Waals surface area contributed by atoms with Gasteiger partial charge in [-0.15, -0.1) is 0 Å². The summed E-state index contributed by atoms with van der Waals surface area (Å²) in [5.41, 5.74) is 2.01. The van der Waals surface area contributed by atoms with Crippen LogP contribution in [0.15, 0.2) is 42.5 Å². The highest BCUT2D eigenvalue weighted by Crippen LogP contribution is 2.31. The van der Waals surface area contributed by atoms with Crippen molar-refractivity contribution in [1.29, 1.82) is 0 Å². The maximum absolute atomic E-state index is 9.48. The lowest BCUT2D eigenvalue weighted by Gasteiger charge is -2.06. The van der Waals surface area contributed by atoms with E-state index in [4.69, 9.17) is 16.3 Å². The molecule has 0 saturated heterocycles. The highest BCUT2D eigenvalue weighted by Gasteiger charge is 2.04. The van der Waals surface area contributed by atoms with Crippen molar-refractivity contribution in [1.82, 2.24) is 0 Å². The number of ether oxygens (including phenoxy) is 1. The van der Waals surface area contributed by atoms with Crippen LogP contribution in [0.2, 0.25) is 5.02 Å². The summed E-state index contributed by atoms with van der Waals surface area (Å²) in [5.74, 6) is 0.604. The van der Waals surface area contributed by atoms with E-state index in [-0.39, 0.29) is 5.75 Å². The number of rotatable bonds is 2. The highest BCUT2D eigenvalue weighted by molar-refractivity contribution is 6.30. The van der Waals surface area contributed by atoms with Gasteiger partial charge in [-0.1, -0.05) is 29.8 Å². The Morgan fingerprint density at radius 3 is 2.25 bits per heavy atom. The summed E-state index contributed by atoms with van der Waals surface area (Å²) in [6.07, 6.45) is 0. The molecule has 0 bridgehead atoms. The lowest BCUT2D eigenvalue weighted by molar-refractivity contribution is 0.373. The van der Waals surface area contributed by atoms with Crippen LogP contribution in [-0.4, -0.2) is 12.2 Å². The first kappa shape index (κ1) is 10.8. The first-order chi connectivity index (χ1) is 7.70. The Hall–Kier alpha value is -1.67. The van der Waals surface area contributed by atoms with Gasteiger partial charge in [0, 0.05) is 5.02 Å². The van der Waals surface area contributed by atoms with Crippen molar-refractivity contribution < 1.29 is 9.84 Å². The predicted octanol–water partition coefficient (Wildman–Crippen LogP) is 3.72. The Labute approximate surface area is 99.1 Å². The van der Waals surface area contributed by atoms with Crippen LogP contribution in [0.4, 0.5) is 0 Å². The van der Waals surface area contributed by atoms with Gasteiger partial charge in [-0.2, -0.15) is 0 Å². The van der Waals surface area contributed by atoms with E-state index >= 15 is 0 Å². The number of methoxy groups -OCH3 is 1. The van der Waals surface area contributed by atoms with Crippen LogP contribution in [0.1, 0.15) is 0 Å². The summed E-state index contributed by atoms with van der Waals surface area (Å²) in [7, 11) is 1.53. The van der Waals surface area contributed by atoms with Crippen molar-refractivity contribution in [3.05, 3.63) is 47.5 Å². The molecule has 2 rings (SSSR count). The van der Waals surface area contributed by atoms with Gasteiger partial charge in [-0.25, -0.2) is 0 Å². The van der Waals surface area contributed by atoms with Gasteiger partial charge in [0.2, 0.25) is 0 Å². The second kappa shape index (κ2) is 4.45. The van der Waals surface area contributed by atoms with E-state index in [0.29, 0.717) is 10.8 Å². The topological polar surface area (TPSA) is 29.5 Å². The quantitative estimate of drug-likeness (QED) is 0.858. The summed E-state index contributed by atoms with van der Waals surface area (Å²) in [6.45, 7) is 0. The van der Waals surface area contributed by atoms with Gasteiger partial charge in [-0.05, 0) is 35.4 Å². The standard InChI is InChI=1S/C13H11ClO2/c1-16-13-8-10(4-7-12(13)15)9-2-5-11(14)6-3-9/h2-8,15H,1H3. The molecule has 2 aromatic carbocycles. The summed E-state index contributed by atoms with van der Waals surface area (Å²) in [5, 5.41) is 10.2. The third-order valence-electron chi connectivity index (χ3n) is 2.36. The summed E-state index contributed by atoms with van der Waals surface area (Å²) in [4.78, 5) is 0. The van der Waals surface area contributed by atoms with Crippen LogP contribution >= 0.6 is 11.6 Å². The van der Waals surface area contributed by atoms with Crippen LogP contribution in [0.25, 0.3) is 11.1 Å². The normalized spacial score (nSPS) is 10.1. The van der Waals surface area contributed by atoms with Gasteiger partial charge in [-0.3, -0.25) is 0 Å². The van der Waals surface area contributed by atoms with Crippen molar-refractivity contribution in [2.24, 2.45) is 0 Å². The Morgan fingerprint density at radius 2 is 1.62 bits per heavy atom. The van der Waals surface area contributed by atoms with Gasteiger partial charge in [0.25, 0.3) is 0 Å². The van der Waals surface area contributed by atoms with Crippen LogP contribution < -0.4 is 4.74 Å². The minimum absolute atomic E-state index is 0.139. The fraction of sp³-hybridized carbons (Fsp3) is 0.0769. The molecular formula is C13H11ClO2. The third kappa shape index (κ3) is 2.12. The minimum Gasteiger partial charge on any atom is -0.504 e. The van der Waals surface area contributed by atoms with Crippen molar-refractivity contribution in [3.8, 4) is 22.6 Å². The molecular weight excluding hydrogens is 224 g/mol. The predicted molar refractivity (Wildman–Crippen MR) is 65.1 cm³/mol. The Balaban J connectivity index is 2.44. The van der Waals surface area contributed by atoms with E-state index in [1.165, 1.54) is 7.11 Å². The molecule has 0 heterocycles. The molecule has 0 saturated carbocycles. The zero-order chi connectivity index (χ0) is 11.5. The fourth-order valence-corrected chi connectivity index (χ4v) is 1.63. The first-order valence-electron chi connectivity index (χ1n) is 4.83. The molecule has 0 aliphatic heterocycles. The highest BCUT2D eigenvalue weighted by atomic mass is 35.5. The number of halogens is 1. The Morgan fingerprint density at radius 1 is 1.00 bits per heavy atom. The van der Waals surface area contributed by atoms with Gasteiger partial charge in [0.15, 0.2) is 11.5 Å². The van der Waals surface area contributed by atoms with Crippen LogP contribution in [0.5, 0.6) is 11.5 Å². The van der Waals surface area contributed by atoms with E-state index in [9.17, 15) is 5.11 Å². The lowest BCUT2D eigenvalue weighted by atomic mass is 10.1. The molecule has 0 spiro atoms. The number of phenolic OH excluding ortho intramolecular Hbond substituents is 1. The SMILES string of the molecule is COc1cc(-c2ccc(Cl)cc2)ccc1O. The molecule has 2 aromatic rings. The van der Waals surface area contributed by atoms with Gasteiger partial charge < -0.3 is 9.84 Å². The van der Waals surface area contributed by atoms with Crippen molar-refractivity contribution in [3.63, 3.8) is 0 Å². The molecule has 0 radical (unpaired) electrons. The van der Waals surface area contributed by atoms with Crippen LogP contribution in [0, 0.1) is 0 Å². The number of hydrogen-bond donors (Lipinski definition) is 1. The largest absolute Gasteiger partial charge is 0.504 e. The summed E-state index contributed by atoms with van der Waals surface area (Å²) in [6, 6.07) is 12.7. The van der Waals surface area contributed by atoms with E-state index in [1.54, 1.807) is 12.1 Å². The maximum Gasteiger partial charge on any atom is 0.161 e. The number of benzene rings is 2. The molecule has 82 valence electrons. The molecule has 3 heteroatoms. The Kier molecular flexibility index (Phi) is 3.02. The van der Waals surface area contributed by atoms with E-state index in [1.807, 2.05) is 30.3 Å². The zero-order valence-electron chi connectivity index (χ0n) is 8.77. The number of hydrogen-bond acceptors (Lipinski definition) is 2. The molecule has 0 fully saturated rings. The molecule has 1 N–H and O–H groups in total. The average molecular weight is 235 g/mol. The van der Waals surface area contributed by atoms with E-state index < -0.39 is 0 Å². The van der Waals surface area contributed by atoms with E-state index in [2.05, 4.69) is 0 Å². The molecule has 0 aromatic heterocycles. The fourth-order valence-electron chi connectivity index (χ4n) is 1.50. The van der Waals surface area contributed by atoms with Crippen molar-refractivity contribution in [2.75, 3.05) is 7.11 Å². The molecule has 0 aliphatic rings. The first-order valence-corrected chi connectivity index (χ1v) is 5.21. The zero-order valence-corrected chi connectivity index (χ0v) is 9.53. The van der Waals surface area contributed by atoms with Gasteiger partial charge in [0.1, 0.15) is 0 Å². The summed E-state index contributed by atoms with van der Waals surface area (Å²) >= 11 is 5.82. The minimum atomic E-state index is 0.139. The smallest absolute Gasteiger partial charge is 0.161 e. The molecule has 0 atom stereocenters. The molecule has 0 unspecified atom stereocenters.